The van der Waals surface area contributed by atoms with Crippen LogP contribution in [0.5, 0.6) is 0 Å². The van der Waals surface area contributed by atoms with Gasteiger partial charge in [0, 0.05) is 26.2 Å². The van der Waals surface area contributed by atoms with Crippen molar-refractivity contribution in [1.82, 2.24) is 10.2 Å². The second-order valence-electron chi connectivity index (χ2n) is 2.18. The largest absolute Gasteiger partial charge is 0.314 e. The summed E-state index contributed by atoms with van der Waals surface area (Å²) < 4.78 is 0. The summed E-state index contributed by atoms with van der Waals surface area (Å²) in [7, 11) is 0. The van der Waals surface area contributed by atoms with E-state index in [0.717, 1.165) is 0 Å². The first-order valence-corrected chi connectivity index (χ1v) is 6.36. The van der Waals surface area contributed by atoms with Crippen molar-refractivity contribution in [2.45, 2.75) is 48.5 Å². The number of piperazine rings is 1. The van der Waals surface area contributed by atoms with Crippen molar-refractivity contribution >= 4 is 0 Å². The molecule has 2 nitrogen and oxygen atoms in total. The second-order valence-corrected chi connectivity index (χ2v) is 2.18. The minimum atomic E-state index is 1.17. The molecule has 0 saturated carbocycles. The molecule has 0 radical (unpaired) electrons. The van der Waals surface area contributed by atoms with Gasteiger partial charge in [0.05, 0.1) is 0 Å². The molecule has 1 saturated heterocycles. The Morgan fingerprint density at radius 2 is 1.21 bits per heavy atom. The summed E-state index contributed by atoms with van der Waals surface area (Å²) in [6, 6.07) is 0. The van der Waals surface area contributed by atoms with Crippen molar-refractivity contribution in [2.75, 3.05) is 32.7 Å². The zero-order valence-corrected chi connectivity index (χ0v) is 11.5. The van der Waals surface area contributed by atoms with Crippen LogP contribution >= 0.6 is 0 Å². The fourth-order valence-electron chi connectivity index (χ4n) is 1.03. The Balaban J connectivity index is -0.000000174. The van der Waals surface area contributed by atoms with Gasteiger partial charge in [-0.25, -0.2) is 0 Å². The molecular weight excluding hydrogens is 172 g/mol. The van der Waals surface area contributed by atoms with E-state index in [4.69, 9.17) is 0 Å². The molecule has 14 heavy (non-hydrogen) atoms. The minimum Gasteiger partial charge on any atom is -0.314 e. The Bertz CT molecular complexity index is 59.3. The van der Waals surface area contributed by atoms with Crippen LogP contribution in [0.25, 0.3) is 0 Å². The van der Waals surface area contributed by atoms with Crippen molar-refractivity contribution in [3.05, 3.63) is 0 Å². The van der Waals surface area contributed by atoms with Gasteiger partial charge in [0.25, 0.3) is 0 Å². The van der Waals surface area contributed by atoms with Gasteiger partial charge in [0.15, 0.2) is 0 Å². The summed E-state index contributed by atoms with van der Waals surface area (Å²) >= 11 is 0. The maximum atomic E-state index is 3.31. The van der Waals surface area contributed by atoms with Crippen molar-refractivity contribution in [3.63, 3.8) is 0 Å². The molecule has 0 aliphatic carbocycles. The molecule has 2 heteroatoms. The van der Waals surface area contributed by atoms with Gasteiger partial charge in [0.1, 0.15) is 0 Å². The van der Waals surface area contributed by atoms with Gasteiger partial charge in [-0.05, 0) is 6.54 Å². The van der Waals surface area contributed by atoms with Crippen molar-refractivity contribution in [3.8, 4) is 0 Å². The van der Waals surface area contributed by atoms with Crippen LogP contribution in [0, 0.1) is 0 Å². The summed E-state index contributed by atoms with van der Waals surface area (Å²) in [5, 5.41) is 3.31. The van der Waals surface area contributed by atoms with Crippen LogP contribution < -0.4 is 5.32 Å². The first-order chi connectivity index (χ1) is 6.93. The lowest BCUT2D eigenvalue weighted by Crippen LogP contribution is -2.43. The van der Waals surface area contributed by atoms with Gasteiger partial charge in [-0.2, -0.15) is 0 Å². The smallest absolute Gasteiger partial charge is 0.0107 e. The van der Waals surface area contributed by atoms with Crippen molar-refractivity contribution in [2.24, 2.45) is 0 Å². The molecule has 90 valence electrons. The molecule has 1 fully saturated rings. The van der Waals surface area contributed by atoms with Gasteiger partial charge in [-0.3, -0.25) is 0 Å². The van der Waals surface area contributed by atoms with E-state index in [1.54, 1.807) is 0 Å². The molecule has 1 N–H and O–H groups in total. The highest BCUT2D eigenvalue weighted by Gasteiger charge is 2.04. The van der Waals surface area contributed by atoms with E-state index in [9.17, 15) is 0 Å². The Morgan fingerprint density at radius 1 is 0.857 bits per heavy atom. The molecule has 0 amide bonds. The molecule has 0 spiro atoms. The Kier molecular flexibility index (Phi) is 32.1. The molecule has 1 aliphatic rings. The number of hydrogen-bond acceptors (Lipinski definition) is 2. The lowest BCUT2D eigenvalue weighted by Gasteiger charge is -2.25. The molecular formula is C12H32N2. The number of hydrogen-bond donors (Lipinski definition) is 1. The number of nitrogens with one attached hydrogen (secondary N) is 1. The molecule has 1 rings (SSSR count). The first kappa shape index (κ1) is 19.5. The number of likely N-dealkylation sites (N-methyl/N-ethyl adjacent to an activating group) is 1. The van der Waals surface area contributed by atoms with Crippen molar-refractivity contribution in [1.29, 1.82) is 0 Å². The number of nitrogens with zero attached hydrogens (tertiary/aromatic N) is 1. The van der Waals surface area contributed by atoms with Gasteiger partial charge >= 0.3 is 0 Å². The topological polar surface area (TPSA) is 15.3 Å². The van der Waals surface area contributed by atoms with E-state index in [0.29, 0.717) is 0 Å². The van der Waals surface area contributed by atoms with Crippen LogP contribution in [0.15, 0.2) is 0 Å². The summed E-state index contributed by atoms with van der Waals surface area (Å²) in [6.07, 6.45) is 0. The van der Waals surface area contributed by atoms with E-state index in [-0.39, 0.29) is 0 Å². The fraction of sp³-hybridized carbons (Fsp3) is 1.00. The Hall–Kier alpha value is -0.0800. The van der Waals surface area contributed by atoms with Crippen LogP contribution in [0.1, 0.15) is 48.5 Å². The first-order valence-electron chi connectivity index (χ1n) is 6.36. The third kappa shape index (κ3) is 14.4. The van der Waals surface area contributed by atoms with E-state index in [1.165, 1.54) is 32.7 Å². The average molecular weight is 204 g/mol. The maximum Gasteiger partial charge on any atom is 0.0107 e. The van der Waals surface area contributed by atoms with Crippen LogP contribution in [0.2, 0.25) is 0 Å². The third-order valence-corrected chi connectivity index (χ3v) is 1.66. The molecule has 1 aliphatic heterocycles. The van der Waals surface area contributed by atoms with E-state index < -0.39 is 0 Å². The Morgan fingerprint density at radius 3 is 1.43 bits per heavy atom. The standard InChI is InChI=1S/C6H14N2.3C2H6/c1-2-8-5-3-7-4-6-8;3*1-2/h7H,2-6H2,1H3;3*1-2H3. The van der Waals surface area contributed by atoms with Crippen LogP contribution in [-0.2, 0) is 0 Å². The highest BCUT2D eigenvalue weighted by molar-refractivity contribution is 4.64. The minimum absolute atomic E-state index is 1.17. The predicted molar refractivity (Wildman–Crippen MR) is 69.0 cm³/mol. The molecule has 0 bridgehead atoms. The highest BCUT2D eigenvalue weighted by atomic mass is 15.2. The monoisotopic (exact) mass is 204 g/mol. The molecule has 1 heterocycles. The zero-order chi connectivity index (χ0) is 11.8. The van der Waals surface area contributed by atoms with E-state index >= 15 is 0 Å². The summed E-state index contributed by atoms with van der Waals surface area (Å²) in [4.78, 5) is 2.45. The highest BCUT2D eigenvalue weighted by Crippen LogP contribution is 1.88. The van der Waals surface area contributed by atoms with Gasteiger partial charge < -0.3 is 10.2 Å². The maximum absolute atomic E-state index is 3.31. The summed E-state index contributed by atoms with van der Waals surface area (Å²) in [5.74, 6) is 0. The lowest BCUT2D eigenvalue weighted by molar-refractivity contribution is 0.253. The predicted octanol–water partition coefficient (Wildman–Crippen LogP) is 2.99. The molecule has 0 aromatic rings. The zero-order valence-electron chi connectivity index (χ0n) is 11.5. The SMILES string of the molecule is CC.CC.CC.CCN1CCNCC1. The lowest BCUT2D eigenvalue weighted by atomic mass is 10.4. The quantitative estimate of drug-likeness (QED) is 0.706. The van der Waals surface area contributed by atoms with Crippen LogP contribution in [0.3, 0.4) is 0 Å². The molecule has 0 aromatic heterocycles. The molecule has 0 atom stereocenters. The van der Waals surface area contributed by atoms with E-state index in [2.05, 4.69) is 17.1 Å². The molecule has 0 unspecified atom stereocenters. The average Bonchev–Trinajstić information content (AvgIpc) is 2.37. The summed E-state index contributed by atoms with van der Waals surface area (Å²) in [6.45, 7) is 20.2. The van der Waals surface area contributed by atoms with Gasteiger partial charge in [-0.1, -0.05) is 48.5 Å². The Labute approximate surface area is 92.1 Å². The fourth-order valence-corrected chi connectivity index (χ4v) is 1.03. The van der Waals surface area contributed by atoms with Crippen molar-refractivity contribution < 1.29 is 0 Å². The number of rotatable bonds is 1. The normalized spacial score (nSPS) is 14.8. The third-order valence-electron chi connectivity index (χ3n) is 1.66. The van der Waals surface area contributed by atoms with Crippen LogP contribution in [0.4, 0.5) is 0 Å². The summed E-state index contributed by atoms with van der Waals surface area (Å²) in [5.41, 5.74) is 0. The van der Waals surface area contributed by atoms with Gasteiger partial charge in [-0.15, -0.1) is 0 Å². The molecule has 0 aromatic carbocycles. The van der Waals surface area contributed by atoms with Gasteiger partial charge in [0.2, 0.25) is 0 Å². The second kappa shape index (κ2) is 23.1. The van der Waals surface area contributed by atoms with Crippen LogP contribution in [-0.4, -0.2) is 37.6 Å². The van der Waals surface area contributed by atoms with E-state index in [1.807, 2.05) is 41.5 Å².